The number of hydrogen-bond donors (Lipinski definition) is 1. The summed E-state index contributed by atoms with van der Waals surface area (Å²) in [6, 6.07) is 9.36. The third-order valence-electron chi connectivity index (χ3n) is 2.35. The van der Waals surface area contributed by atoms with Crippen molar-refractivity contribution in [3.05, 3.63) is 50.9 Å². The summed E-state index contributed by atoms with van der Waals surface area (Å²) in [6.45, 7) is 2.31. The van der Waals surface area contributed by atoms with Gasteiger partial charge in [0.15, 0.2) is 6.23 Å². The first-order chi connectivity index (χ1) is 8.24. The van der Waals surface area contributed by atoms with Crippen LogP contribution in [0.5, 0.6) is 5.88 Å². The molecule has 1 heterocycles. The Labute approximate surface area is 103 Å². The second-order valence-corrected chi connectivity index (χ2v) is 4.27. The van der Waals surface area contributed by atoms with E-state index in [9.17, 15) is 9.90 Å². The molecule has 4 nitrogen and oxygen atoms in total. The maximum atomic E-state index is 11.7. The van der Waals surface area contributed by atoms with Gasteiger partial charge >= 0.3 is 4.87 Å². The van der Waals surface area contributed by atoms with Crippen LogP contribution in [0.25, 0.3) is 0 Å². The zero-order chi connectivity index (χ0) is 12.3. The fourth-order valence-corrected chi connectivity index (χ4v) is 2.24. The van der Waals surface area contributed by atoms with Gasteiger partial charge in [-0.05, 0) is 6.92 Å². The summed E-state index contributed by atoms with van der Waals surface area (Å²) in [5.41, 5.74) is 0.838. The first-order valence-corrected chi connectivity index (χ1v) is 6.17. The molecule has 0 radical (unpaired) electrons. The second-order valence-electron chi connectivity index (χ2n) is 3.45. The molecule has 2 aromatic rings. The first kappa shape index (κ1) is 11.9. The predicted molar refractivity (Wildman–Crippen MR) is 66.5 cm³/mol. The van der Waals surface area contributed by atoms with E-state index in [1.54, 1.807) is 0 Å². The fourth-order valence-electron chi connectivity index (χ4n) is 1.62. The largest absolute Gasteiger partial charge is 0.494 e. The van der Waals surface area contributed by atoms with E-state index in [0.717, 1.165) is 16.9 Å². The predicted octanol–water partition coefficient (Wildman–Crippen LogP) is 2.20. The monoisotopic (exact) mass is 251 g/mol. The van der Waals surface area contributed by atoms with Crippen LogP contribution in [0.15, 0.2) is 40.5 Å². The quantitative estimate of drug-likeness (QED) is 0.906. The minimum Gasteiger partial charge on any atom is -0.494 e. The maximum Gasteiger partial charge on any atom is 0.312 e. The highest BCUT2D eigenvalue weighted by Gasteiger charge is 2.19. The molecule has 0 amide bonds. The Kier molecular flexibility index (Phi) is 3.61. The van der Waals surface area contributed by atoms with Crippen LogP contribution in [0.3, 0.4) is 0 Å². The third-order valence-corrected chi connectivity index (χ3v) is 3.08. The number of nitrogens with zero attached hydrogens (tertiary/aromatic N) is 1. The Balaban J connectivity index is 2.47. The van der Waals surface area contributed by atoms with Crippen molar-refractivity contribution in [2.24, 2.45) is 0 Å². The normalized spacial score (nSPS) is 12.5. The van der Waals surface area contributed by atoms with Gasteiger partial charge in [0, 0.05) is 12.2 Å². The molecule has 90 valence electrons. The van der Waals surface area contributed by atoms with E-state index in [1.807, 2.05) is 37.3 Å². The molecule has 0 aliphatic heterocycles. The summed E-state index contributed by atoms with van der Waals surface area (Å²) >= 11 is 0.957. The zero-order valence-electron chi connectivity index (χ0n) is 9.37. The average Bonchev–Trinajstić information content (AvgIpc) is 2.68. The summed E-state index contributed by atoms with van der Waals surface area (Å²) in [7, 11) is 0. The molecule has 1 unspecified atom stereocenters. The smallest absolute Gasteiger partial charge is 0.312 e. The van der Waals surface area contributed by atoms with E-state index in [-0.39, 0.29) is 10.8 Å². The number of thiazole rings is 1. The van der Waals surface area contributed by atoms with Gasteiger partial charge in [0.25, 0.3) is 0 Å². The van der Waals surface area contributed by atoms with E-state index in [4.69, 9.17) is 4.74 Å². The number of ether oxygens (including phenoxy) is 1. The van der Waals surface area contributed by atoms with Gasteiger partial charge in [-0.2, -0.15) is 0 Å². The molecule has 17 heavy (non-hydrogen) atoms. The zero-order valence-corrected chi connectivity index (χ0v) is 10.2. The van der Waals surface area contributed by atoms with Crippen molar-refractivity contribution in [2.45, 2.75) is 13.2 Å². The van der Waals surface area contributed by atoms with Crippen LogP contribution in [0.4, 0.5) is 0 Å². The van der Waals surface area contributed by atoms with E-state index in [1.165, 1.54) is 9.95 Å². The molecule has 1 N–H and O–H groups in total. The second kappa shape index (κ2) is 5.16. The number of aromatic nitrogens is 1. The molecule has 0 aliphatic rings. The molecule has 0 fully saturated rings. The molecule has 0 aliphatic carbocycles. The van der Waals surface area contributed by atoms with Crippen molar-refractivity contribution < 1.29 is 9.84 Å². The lowest BCUT2D eigenvalue weighted by molar-refractivity contribution is 0.0347. The van der Waals surface area contributed by atoms with Crippen LogP contribution in [-0.2, 0) is 4.74 Å². The lowest BCUT2D eigenvalue weighted by atomic mass is 10.2. The minimum atomic E-state index is -0.569. The molecule has 0 bridgehead atoms. The molecule has 1 aromatic carbocycles. The summed E-state index contributed by atoms with van der Waals surface area (Å²) in [5.74, 6) is -0.0673. The van der Waals surface area contributed by atoms with Gasteiger partial charge in [-0.1, -0.05) is 41.7 Å². The number of hydrogen-bond acceptors (Lipinski definition) is 4. The van der Waals surface area contributed by atoms with Crippen molar-refractivity contribution in [1.82, 2.24) is 4.57 Å². The third kappa shape index (κ3) is 2.40. The van der Waals surface area contributed by atoms with Crippen molar-refractivity contribution in [1.29, 1.82) is 0 Å². The average molecular weight is 251 g/mol. The van der Waals surface area contributed by atoms with Crippen LogP contribution >= 0.6 is 11.3 Å². The van der Waals surface area contributed by atoms with Crippen LogP contribution in [0.2, 0.25) is 0 Å². The molecular weight excluding hydrogens is 238 g/mol. The van der Waals surface area contributed by atoms with Gasteiger partial charge in [0.05, 0.1) is 5.38 Å². The van der Waals surface area contributed by atoms with Gasteiger partial charge in [0.1, 0.15) is 0 Å². The molecule has 1 aromatic heterocycles. The molecule has 0 spiro atoms. The lowest BCUT2D eigenvalue weighted by Gasteiger charge is -2.18. The van der Waals surface area contributed by atoms with Crippen molar-refractivity contribution >= 4 is 11.3 Å². The Morgan fingerprint density at radius 2 is 2.12 bits per heavy atom. The van der Waals surface area contributed by atoms with Crippen LogP contribution in [0, 0.1) is 0 Å². The molecule has 0 saturated heterocycles. The fraction of sp³-hybridized carbons (Fsp3) is 0.250. The highest BCUT2D eigenvalue weighted by atomic mass is 32.1. The highest BCUT2D eigenvalue weighted by Crippen LogP contribution is 2.23. The van der Waals surface area contributed by atoms with Gasteiger partial charge in [0.2, 0.25) is 5.88 Å². The Bertz CT molecular complexity index is 532. The maximum absolute atomic E-state index is 11.7. The minimum absolute atomic E-state index is 0.0673. The summed E-state index contributed by atoms with van der Waals surface area (Å²) in [5, 5.41) is 11.1. The summed E-state index contributed by atoms with van der Waals surface area (Å²) < 4.78 is 6.80. The molecule has 2 rings (SSSR count). The van der Waals surface area contributed by atoms with Crippen LogP contribution in [-0.4, -0.2) is 16.3 Å². The number of benzene rings is 1. The van der Waals surface area contributed by atoms with Gasteiger partial charge in [-0.15, -0.1) is 0 Å². The Morgan fingerprint density at radius 3 is 2.65 bits per heavy atom. The topological polar surface area (TPSA) is 51.5 Å². The Morgan fingerprint density at radius 1 is 1.41 bits per heavy atom. The molecule has 0 saturated carbocycles. The van der Waals surface area contributed by atoms with Crippen molar-refractivity contribution in [3.8, 4) is 5.88 Å². The van der Waals surface area contributed by atoms with Crippen molar-refractivity contribution in [2.75, 3.05) is 6.61 Å². The van der Waals surface area contributed by atoms with Crippen LogP contribution < -0.4 is 4.87 Å². The molecule has 5 heteroatoms. The number of rotatable bonds is 4. The first-order valence-electron chi connectivity index (χ1n) is 5.29. The van der Waals surface area contributed by atoms with Gasteiger partial charge in [-0.3, -0.25) is 4.79 Å². The SMILES string of the molecule is CCOC(c1ccccc1)n1c(O)csc1=O. The van der Waals surface area contributed by atoms with E-state index in [2.05, 4.69) is 0 Å². The molecular formula is C12H13NO3S. The Hall–Kier alpha value is -1.59. The van der Waals surface area contributed by atoms with Crippen molar-refractivity contribution in [3.63, 3.8) is 0 Å². The van der Waals surface area contributed by atoms with E-state index in [0.29, 0.717) is 6.61 Å². The molecule has 1 atom stereocenters. The standard InChI is InChI=1S/C12H13NO3S/c1-2-16-11(9-6-4-3-5-7-9)13-10(14)8-17-12(13)15/h3-8,11,14H,2H2,1H3. The van der Waals surface area contributed by atoms with Gasteiger partial charge in [-0.25, -0.2) is 4.57 Å². The summed E-state index contributed by atoms with van der Waals surface area (Å²) in [6.07, 6.45) is -0.569. The lowest BCUT2D eigenvalue weighted by Crippen LogP contribution is -2.22. The van der Waals surface area contributed by atoms with Gasteiger partial charge < -0.3 is 9.84 Å². The summed E-state index contributed by atoms with van der Waals surface area (Å²) in [4.78, 5) is 11.4. The number of aromatic hydroxyl groups is 1. The van der Waals surface area contributed by atoms with Crippen LogP contribution in [0.1, 0.15) is 18.7 Å². The van der Waals surface area contributed by atoms with E-state index >= 15 is 0 Å². The van der Waals surface area contributed by atoms with E-state index < -0.39 is 6.23 Å². The highest BCUT2D eigenvalue weighted by molar-refractivity contribution is 7.07.